The van der Waals surface area contributed by atoms with Crippen LogP contribution in [0.1, 0.15) is 26.3 Å². The molecule has 0 bridgehead atoms. The van der Waals surface area contributed by atoms with Gasteiger partial charge in [-0.3, -0.25) is 4.90 Å². The van der Waals surface area contributed by atoms with Crippen LogP contribution in [0.2, 0.25) is 0 Å². The lowest BCUT2D eigenvalue weighted by atomic mass is 9.89. The lowest BCUT2D eigenvalue weighted by Gasteiger charge is -2.47. The average molecular weight is 313 g/mol. The number of likely N-dealkylation sites (tertiary alicyclic amines) is 2. The topological polar surface area (TPSA) is 56.6 Å². The Morgan fingerprint density at radius 1 is 1.30 bits per heavy atom. The van der Waals surface area contributed by atoms with Crippen molar-refractivity contribution < 1.29 is 9.53 Å². The Labute approximate surface area is 137 Å². The summed E-state index contributed by atoms with van der Waals surface area (Å²) >= 11 is 0. The Hall–Kier alpha value is -2.06. The van der Waals surface area contributed by atoms with Crippen molar-refractivity contribution in [2.75, 3.05) is 13.1 Å². The number of carbonyl (C=O) groups is 1. The molecule has 1 aromatic rings. The Morgan fingerprint density at radius 3 is 2.61 bits per heavy atom. The molecule has 0 saturated carbocycles. The number of ether oxygens (including phenoxy) is 1. The van der Waals surface area contributed by atoms with Crippen LogP contribution in [0.5, 0.6) is 0 Å². The molecule has 0 spiro atoms. The second-order valence-corrected chi connectivity index (χ2v) is 7.34. The molecule has 2 saturated heterocycles. The first kappa shape index (κ1) is 15.8. The van der Waals surface area contributed by atoms with Gasteiger partial charge in [-0.05, 0) is 26.3 Å². The van der Waals surface area contributed by atoms with E-state index >= 15 is 0 Å². The van der Waals surface area contributed by atoms with E-state index in [-0.39, 0.29) is 24.1 Å². The maximum absolute atomic E-state index is 12.4. The highest BCUT2D eigenvalue weighted by Gasteiger charge is 2.54. The number of carbonyl (C=O) groups excluding carboxylic acids is 1. The minimum atomic E-state index is -0.509. The highest BCUT2D eigenvalue weighted by molar-refractivity contribution is 5.69. The van der Waals surface area contributed by atoms with Crippen LogP contribution in [0, 0.1) is 17.2 Å². The Kier molecular flexibility index (Phi) is 4.03. The van der Waals surface area contributed by atoms with Gasteiger partial charge in [0, 0.05) is 25.7 Å². The zero-order chi connectivity index (χ0) is 16.6. The lowest BCUT2D eigenvalue weighted by molar-refractivity contribution is -0.0158. The van der Waals surface area contributed by atoms with E-state index in [9.17, 15) is 10.1 Å². The Balaban J connectivity index is 1.68. The summed E-state index contributed by atoms with van der Waals surface area (Å²) in [4.78, 5) is 16.4. The van der Waals surface area contributed by atoms with E-state index in [1.54, 1.807) is 4.90 Å². The highest BCUT2D eigenvalue weighted by atomic mass is 16.6. The molecule has 23 heavy (non-hydrogen) atoms. The number of hydrogen-bond acceptors (Lipinski definition) is 4. The van der Waals surface area contributed by atoms with E-state index in [2.05, 4.69) is 23.1 Å². The van der Waals surface area contributed by atoms with Crippen molar-refractivity contribution in [1.82, 2.24) is 9.80 Å². The molecule has 3 atom stereocenters. The van der Waals surface area contributed by atoms with Crippen LogP contribution >= 0.6 is 0 Å². The fraction of sp³-hybridized carbons (Fsp3) is 0.556. The second-order valence-electron chi connectivity index (χ2n) is 7.34. The van der Waals surface area contributed by atoms with Crippen LogP contribution in [0.25, 0.3) is 0 Å². The molecule has 122 valence electrons. The quantitative estimate of drug-likeness (QED) is 0.842. The monoisotopic (exact) mass is 313 g/mol. The average Bonchev–Trinajstić information content (AvgIpc) is 2.76. The molecule has 0 unspecified atom stereocenters. The van der Waals surface area contributed by atoms with E-state index in [1.807, 2.05) is 39.0 Å². The summed E-state index contributed by atoms with van der Waals surface area (Å²) in [6, 6.07) is 12.8. The van der Waals surface area contributed by atoms with Crippen molar-refractivity contribution >= 4 is 6.09 Å². The zero-order valence-corrected chi connectivity index (χ0v) is 13.9. The van der Waals surface area contributed by atoms with Crippen LogP contribution < -0.4 is 0 Å². The first-order valence-corrected chi connectivity index (χ1v) is 8.06. The molecular weight excluding hydrogens is 290 g/mol. The number of benzene rings is 1. The molecule has 1 amide bonds. The second kappa shape index (κ2) is 5.86. The van der Waals surface area contributed by atoms with E-state index in [1.165, 1.54) is 5.56 Å². The van der Waals surface area contributed by atoms with Crippen molar-refractivity contribution in [3.05, 3.63) is 35.9 Å². The van der Waals surface area contributed by atoms with Gasteiger partial charge in [0.15, 0.2) is 0 Å². The molecular formula is C18H23N3O2. The molecule has 5 heteroatoms. The summed E-state index contributed by atoms with van der Waals surface area (Å²) in [7, 11) is 0. The van der Waals surface area contributed by atoms with Crippen LogP contribution in [0.4, 0.5) is 4.79 Å². The maximum atomic E-state index is 12.4. The number of rotatable bonds is 2. The number of hydrogen-bond donors (Lipinski definition) is 0. The highest BCUT2D eigenvalue weighted by Crippen LogP contribution is 2.38. The van der Waals surface area contributed by atoms with Gasteiger partial charge in [0.2, 0.25) is 0 Å². The third-order valence-electron chi connectivity index (χ3n) is 4.47. The normalized spacial score (nSPS) is 27.0. The molecule has 0 N–H and O–H groups in total. The maximum Gasteiger partial charge on any atom is 0.410 e. The van der Waals surface area contributed by atoms with Crippen molar-refractivity contribution in [3.63, 3.8) is 0 Å². The first-order valence-electron chi connectivity index (χ1n) is 8.06. The van der Waals surface area contributed by atoms with Gasteiger partial charge < -0.3 is 9.64 Å². The molecule has 2 fully saturated rings. The van der Waals surface area contributed by atoms with Crippen LogP contribution in [-0.4, -0.2) is 46.7 Å². The van der Waals surface area contributed by atoms with Gasteiger partial charge in [0.25, 0.3) is 0 Å². The number of fused-ring (bicyclic) bond motifs is 1. The summed E-state index contributed by atoms with van der Waals surface area (Å²) in [6.07, 6.45) is -0.301. The summed E-state index contributed by atoms with van der Waals surface area (Å²) in [5.41, 5.74) is 0.725. The third kappa shape index (κ3) is 3.18. The standard InChI is InChI=1S/C18H23N3O2/c1-18(2,3)23-17(22)21-11-14(9-19)16-15(21)12-20(16)10-13-7-5-4-6-8-13/h4-8,14-16H,10-12H2,1-3H3/t14-,15-,16-/m0/s1. The van der Waals surface area contributed by atoms with Crippen molar-refractivity contribution in [2.45, 2.75) is 45.0 Å². The molecule has 0 aliphatic carbocycles. The van der Waals surface area contributed by atoms with E-state index < -0.39 is 5.60 Å². The van der Waals surface area contributed by atoms with Gasteiger partial charge in [-0.2, -0.15) is 5.26 Å². The van der Waals surface area contributed by atoms with Crippen molar-refractivity contribution in [3.8, 4) is 6.07 Å². The lowest BCUT2D eigenvalue weighted by Crippen LogP contribution is -2.63. The van der Waals surface area contributed by atoms with Gasteiger partial charge >= 0.3 is 6.09 Å². The van der Waals surface area contributed by atoms with Gasteiger partial charge in [-0.15, -0.1) is 0 Å². The van der Waals surface area contributed by atoms with E-state index in [4.69, 9.17) is 4.74 Å². The summed E-state index contributed by atoms with van der Waals surface area (Å²) in [6.45, 7) is 7.68. The van der Waals surface area contributed by atoms with Crippen molar-refractivity contribution in [1.29, 1.82) is 5.26 Å². The fourth-order valence-electron chi connectivity index (χ4n) is 3.47. The van der Waals surface area contributed by atoms with Gasteiger partial charge in [0.1, 0.15) is 5.60 Å². The van der Waals surface area contributed by atoms with E-state index in [0.717, 1.165) is 13.1 Å². The number of nitrogens with zero attached hydrogens (tertiary/aromatic N) is 3. The first-order chi connectivity index (χ1) is 10.9. The Bertz CT molecular complexity index is 617. The molecule has 2 aliphatic rings. The SMILES string of the molecule is CC(C)(C)OC(=O)N1C[C@H](C#N)[C@H]2[C@@H]1CN2Cc1ccccc1. The largest absolute Gasteiger partial charge is 0.444 e. The molecule has 2 heterocycles. The van der Waals surface area contributed by atoms with Gasteiger partial charge in [-0.25, -0.2) is 4.79 Å². The van der Waals surface area contributed by atoms with E-state index in [0.29, 0.717) is 6.54 Å². The molecule has 2 aliphatic heterocycles. The third-order valence-corrected chi connectivity index (χ3v) is 4.47. The Morgan fingerprint density at radius 2 is 2.00 bits per heavy atom. The van der Waals surface area contributed by atoms with Crippen LogP contribution in [0.15, 0.2) is 30.3 Å². The molecule has 1 aromatic carbocycles. The van der Waals surface area contributed by atoms with Crippen LogP contribution in [-0.2, 0) is 11.3 Å². The number of nitriles is 1. The van der Waals surface area contributed by atoms with Crippen molar-refractivity contribution in [2.24, 2.45) is 5.92 Å². The molecule has 5 nitrogen and oxygen atoms in total. The minimum absolute atomic E-state index is 0.0956. The molecule has 0 radical (unpaired) electrons. The molecule has 3 rings (SSSR count). The smallest absolute Gasteiger partial charge is 0.410 e. The predicted molar refractivity (Wildman–Crippen MR) is 86.5 cm³/mol. The summed E-state index contributed by atoms with van der Waals surface area (Å²) in [5.74, 6) is -0.148. The number of amides is 1. The molecule has 0 aromatic heterocycles. The van der Waals surface area contributed by atoms with Gasteiger partial charge in [-0.1, -0.05) is 30.3 Å². The predicted octanol–water partition coefficient (Wildman–Crippen LogP) is 2.63. The zero-order valence-electron chi connectivity index (χ0n) is 13.9. The van der Waals surface area contributed by atoms with Gasteiger partial charge in [0.05, 0.1) is 18.0 Å². The minimum Gasteiger partial charge on any atom is -0.444 e. The van der Waals surface area contributed by atoms with Crippen LogP contribution in [0.3, 0.4) is 0 Å². The summed E-state index contributed by atoms with van der Waals surface area (Å²) in [5, 5.41) is 9.45. The summed E-state index contributed by atoms with van der Waals surface area (Å²) < 4.78 is 5.48. The fourth-order valence-corrected chi connectivity index (χ4v) is 3.47.